The van der Waals surface area contributed by atoms with Crippen molar-refractivity contribution in [3.63, 3.8) is 0 Å². The molecule has 12 nitrogen and oxygen atoms in total. The van der Waals surface area contributed by atoms with E-state index in [0.717, 1.165) is 139 Å². The van der Waals surface area contributed by atoms with Crippen LogP contribution in [0.3, 0.4) is 0 Å². The van der Waals surface area contributed by atoms with Gasteiger partial charge in [0.1, 0.15) is 25.3 Å². The fourth-order valence-corrected chi connectivity index (χ4v) is 13.4. The molecule has 0 fully saturated rings. The Balaban J connectivity index is 4.45. The summed E-state index contributed by atoms with van der Waals surface area (Å²) in [7, 11) is 9.29. The lowest BCUT2D eigenvalue weighted by molar-refractivity contribution is -0.893. The van der Waals surface area contributed by atoms with Gasteiger partial charge in [-0.2, -0.15) is 0 Å². The molecule has 0 saturated heterocycles. The van der Waals surface area contributed by atoms with Gasteiger partial charge in [0.25, 0.3) is 0 Å². The molecule has 0 aliphatic heterocycles. The van der Waals surface area contributed by atoms with Gasteiger partial charge in [0, 0.05) is 52.6 Å². The molecule has 4 N–H and O–H groups in total. The smallest absolute Gasteiger partial charge is 0.314 e. The van der Waals surface area contributed by atoms with E-state index in [2.05, 4.69) is 77.2 Å². The van der Waals surface area contributed by atoms with E-state index in [-0.39, 0.29) is 24.3 Å². The van der Waals surface area contributed by atoms with Crippen LogP contribution < -0.4 is 21.3 Å². The highest BCUT2D eigenvalue weighted by Gasteiger charge is 2.25. The quantitative estimate of drug-likeness (QED) is 0.0356. The highest BCUT2D eigenvalue weighted by Crippen LogP contribution is 2.18. The first-order valence-corrected chi connectivity index (χ1v) is 42.0. The molecule has 2 unspecified atom stereocenters. The molecule has 562 valence electrons. The molecule has 2 atom stereocenters. The van der Waals surface area contributed by atoms with Gasteiger partial charge >= 0.3 is 12.1 Å². The molecule has 0 heterocycles. The van der Waals surface area contributed by atoms with Crippen LogP contribution in [0.1, 0.15) is 387 Å². The molecule has 94 heavy (non-hydrogen) atoms. The Morgan fingerprint density at radius 1 is 0.255 bits per heavy atom. The number of carbonyl (C=O) groups excluding carboxylic acids is 2. The Morgan fingerprint density at radius 2 is 0.447 bits per heavy atom. The highest BCUT2D eigenvalue weighted by molar-refractivity contribution is 5.74. The van der Waals surface area contributed by atoms with Crippen molar-refractivity contribution < 1.29 is 37.5 Å². The molecular weight excluding hydrogens is 1160 g/mol. The van der Waals surface area contributed by atoms with Gasteiger partial charge in [0.2, 0.25) is 0 Å². The summed E-state index contributed by atoms with van der Waals surface area (Å²) in [6.45, 7) is 20.6. The molecule has 0 aromatic carbocycles. The predicted molar refractivity (Wildman–Crippen MR) is 409 cm³/mol. The molecule has 0 rings (SSSR count). The molecule has 0 spiro atoms. The molecule has 4 amide bonds. The molecular formula is C82H170N6O6+2. The number of carbonyl (C=O) groups is 2. The van der Waals surface area contributed by atoms with Crippen LogP contribution in [0.2, 0.25) is 0 Å². The average Bonchev–Trinajstić information content (AvgIpc) is 1.45. The lowest BCUT2D eigenvalue weighted by Crippen LogP contribution is -2.48. The van der Waals surface area contributed by atoms with Crippen LogP contribution in [0.5, 0.6) is 0 Å². The van der Waals surface area contributed by atoms with Crippen molar-refractivity contribution in [2.45, 2.75) is 399 Å². The second kappa shape index (κ2) is 74.0. The average molecular weight is 1340 g/mol. The molecule has 12 heteroatoms. The monoisotopic (exact) mass is 1340 g/mol. The largest absolute Gasteiger partial charge is 0.379 e. The minimum absolute atomic E-state index is 0.0744. The summed E-state index contributed by atoms with van der Waals surface area (Å²) in [4.78, 5) is 25.2. The zero-order valence-corrected chi connectivity index (χ0v) is 65.0. The maximum absolute atomic E-state index is 12.6. The van der Waals surface area contributed by atoms with E-state index in [1.165, 1.54) is 283 Å². The number of ether oxygens (including phenoxy) is 4. The Hall–Kier alpha value is -1.70. The lowest BCUT2D eigenvalue weighted by atomic mass is 10.1. The van der Waals surface area contributed by atoms with Crippen molar-refractivity contribution in [2.24, 2.45) is 0 Å². The second-order valence-corrected chi connectivity index (χ2v) is 30.6. The van der Waals surface area contributed by atoms with Gasteiger partial charge in [0.05, 0.1) is 54.5 Å². The third-order valence-electron chi connectivity index (χ3n) is 19.6. The van der Waals surface area contributed by atoms with Gasteiger partial charge in [0.15, 0.2) is 0 Å². The van der Waals surface area contributed by atoms with E-state index in [1.54, 1.807) is 0 Å². The Kier molecular flexibility index (Phi) is 72.7. The van der Waals surface area contributed by atoms with Gasteiger partial charge in [-0.05, 0) is 64.2 Å². The number of hydrogen-bond acceptors (Lipinski definition) is 6. The number of unbranched alkanes of at least 4 members (excludes halogenated alkanes) is 49. The summed E-state index contributed by atoms with van der Waals surface area (Å²) < 4.78 is 27.6. The topological polar surface area (TPSA) is 119 Å². The first-order valence-electron chi connectivity index (χ1n) is 42.0. The second-order valence-electron chi connectivity index (χ2n) is 30.6. The van der Waals surface area contributed by atoms with E-state index < -0.39 is 0 Å². The van der Waals surface area contributed by atoms with Gasteiger partial charge in [-0.1, -0.05) is 323 Å². The van der Waals surface area contributed by atoms with E-state index in [0.29, 0.717) is 39.4 Å². The molecule has 0 aromatic heterocycles. The van der Waals surface area contributed by atoms with E-state index in [9.17, 15) is 9.59 Å². The van der Waals surface area contributed by atoms with Crippen molar-refractivity contribution in [1.82, 2.24) is 21.3 Å². The first kappa shape index (κ1) is 92.3. The third-order valence-corrected chi connectivity index (χ3v) is 19.6. The molecule has 0 saturated carbocycles. The standard InChI is InChI=1S/C82H168N6O6/c1-9-13-17-21-25-29-33-37-41-45-51-61-71-91-77-79(93-73-63-53-47-43-39-35-31-27-23-19-15-11-3)75-87(5,6)69-59-57-67-85-81(89)83-65-55-49-50-56-66-84-82(90)86-68-58-60-70-88(7,8)76-80(94-74-64-54-48-44-40-36-32-28-24-20-16-12-4)78-92-72-62-52-46-42-38-34-30-26-22-18-14-10-2/h79-80H,9-78H2,1-8H3,(H2-2,83,84,85,86,89,90)/p+2. The van der Waals surface area contributed by atoms with Gasteiger partial charge in [-0.15, -0.1) is 0 Å². The number of quaternary nitrogens is 2. The number of rotatable bonds is 79. The number of nitrogens with one attached hydrogen (secondary N) is 4. The van der Waals surface area contributed by atoms with Crippen LogP contribution in [-0.4, -0.2) is 153 Å². The first-order chi connectivity index (χ1) is 46.0. The molecule has 0 aliphatic rings. The zero-order valence-electron chi connectivity index (χ0n) is 65.0. The maximum atomic E-state index is 12.6. The summed E-state index contributed by atoms with van der Waals surface area (Å²) in [6.07, 6.45) is 73.2. The minimum atomic E-state index is -0.0744. The fourth-order valence-electron chi connectivity index (χ4n) is 13.4. The number of likely N-dealkylation sites (N-methyl/N-ethyl adjacent to an activating group) is 2. The fraction of sp³-hybridized carbons (Fsp3) is 0.976. The van der Waals surface area contributed by atoms with Crippen LogP contribution in [0, 0.1) is 0 Å². The number of amides is 4. The van der Waals surface area contributed by atoms with E-state index in [4.69, 9.17) is 18.9 Å². The predicted octanol–water partition coefficient (Wildman–Crippen LogP) is 22.5. The third kappa shape index (κ3) is 73.0. The molecule has 0 bridgehead atoms. The van der Waals surface area contributed by atoms with E-state index >= 15 is 0 Å². The number of nitrogens with zero attached hydrogens (tertiary/aromatic N) is 2. The van der Waals surface area contributed by atoms with Crippen LogP contribution in [0.4, 0.5) is 9.59 Å². The lowest BCUT2D eigenvalue weighted by Gasteiger charge is -2.33. The summed E-state index contributed by atoms with van der Waals surface area (Å²) in [5.74, 6) is 0. The molecule has 0 aromatic rings. The molecule has 0 radical (unpaired) electrons. The number of urea groups is 2. The van der Waals surface area contributed by atoms with Gasteiger partial charge in [-0.25, -0.2) is 9.59 Å². The van der Waals surface area contributed by atoms with Crippen LogP contribution in [0.15, 0.2) is 0 Å². The summed E-state index contributed by atoms with van der Waals surface area (Å²) >= 11 is 0. The summed E-state index contributed by atoms with van der Waals surface area (Å²) in [5, 5.41) is 12.3. The highest BCUT2D eigenvalue weighted by atomic mass is 16.5. The normalized spacial score (nSPS) is 12.6. The van der Waals surface area contributed by atoms with Gasteiger partial charge in [-0.3, -0.25) is 0 Å². The van der Waals surface area contributed by atoms with Crippen molar-refractivity contribution in [3.05, 3.63) is 0 Å². The number of hydrogen-bond donors (Lipinski definition) is 4. The Morgan fingerprint density at radius 3 is 0.681 bits per heavy atom. The summed E-state index contributed by atoms with van der Waals surface area (Å²) in [5.41, 5.74) is 0. The van der Waals surface area contributed by atoms with Crippen molar-refractivity contribution in [3.8, 4) is 0 Å². The SMILES string of the molecule is CCCCCCCCCCCCCCOCC(C[N+](C)(C)CCCCNC(=O)NCCCCCCNC(=O)NCCCC[N+](C)(C)CC(COCCCCCCCCCCCCCC)OCCCCCCCCCCCCCC)OCCCCCCCCCCCCCC. The molecule has 0 aliphatic carbocycles. The zero-order chi connectivity index (χ0) is 68.5. The van der Waals surface area contributed by atoms with Crippen LogP contribution in [-0.2, 0) is 18.9 Å². The van der Waals surface area contributed by atoms with Crippen LogP contribution >= 0.6 is 0 Å². The maximum Gasteiger partial charge on any atom is 0.314 e. The minimum Gasteiger partial charge on any atom is -0.379 e. The van der Waals surface area contributed by atoms with Crippen molar-refractivity contribution in [2.75, 3.05) is 120 Å². The van der Waals surface area contributed by atoms with Gasteiger partial charge < -0.3 is 49.2 Å². The Labute approximate surface area is 587 Å². The Bertz CT molecular complexity index is 1400. The van der Waals surface area contributed by atoms with E-state index in [1.807, 2.05) is 0 Å². The van der Waals surface area contributed by atoms with Crippen LogP contribution in [0.25, 0.3) is 0 Å². The van der Waals surface area contributed by atoms with Crippen molar-refractivity contribution >= 4 is 12.1 Å². The summed E-state index contributed by atoms with van der Waals surface area (Å²) in [6, 6.07) is -0.149. The van der Waals surface area contributed by atoms with Crippen molar-refractivity contribution in [1.29, 1.82) is 0 Å².